The Morgan fingerprint density at radius 2 is 2.00 bits per heavy atom. The maximum atomic E-state index is 13.0. The first-order valence-corrected chi connectivity index (χ1v) is 10.2. The third kappa shape index (κ3) is 4.06. The molecule has 1 atom stereocenters. The van der Waals surface area contributed by atoms with Crippen molar-refractivity contribution in [1.29, 1.82) is 0 Å². The van der Waals surface area contributed by atoms with Crippen molar-refractivity contribution >= 4 is 17.5 Å². The molecule has 7 nitrogen and oxygen atoms in total. The number of likely N-dealkylation sites (tertiary alicyclic amines) is 1. The van der Waals surface area contributed by atoms with Crippen LogP contribution in [0.25, 0.3) is 0 Å². The van der Waals surface area contributed by atoms with Crippen LogP contribution in [0.15, 0.2) is 53.8 Å². The summed E-state index contributed by atoms with van der Waals surface area (Å²) in [6.07, 6.45) is 3.71. The number of rotatable bonds is 4. The van der Waals surface area contributed by atoms with Gasteiger partial charge in [0.1, 0.15) is 5.71 Å². The van der Waals surface area contributed by atoms with E-state index in [1.54, 1.807) is 18.1 Å². The largest absolute Gasteiger partial charge is 0.386 e. The Labute approximate surface area is 176 Å². The Hall–Kier alpha value is -3.22. The molecular weight excluding hydrogens is 380 g/mol. The molecule has 2 amide bonds. The summed E-state index contributed by atoms with van der Waals surface area (Å²) in [5.41, 5.74) is 2.26. The lowest BCUT2D eigenvalue weighted by Crippen LogP contribution is -2.51. The number of hydrogen-bond acceptors (Lipinski definition) is 5. The number of nitrogens with zero attached hydrogens (tertiary/aromatic N) is 4. The molecule has 1 unspecified atom stereocenters. The molecule has 2 aliphatic rings. The van der Waals surface area contributed by atoms with Crippen LogP contribution in [0.2, 0.25) is 0 Å². The molecule has 0 bridgehead atoms. The van der Waals surface area contributed by atoms with E-state index in [1.807, 2.05) is 54.3 Å². The summed E-state index contributed by atoms with van der Waals surface area (Å²) in [6.45, 7) is 3.46. The molecule has 1 aromatic carbocycles. The van der Waals surface area contributed by atoms with E-state index in [9.17, 15) is 9.59 Å². The zero-order valence-corrected chi connectivity index (χ0v) is 17.4. The van der Waals surface area contributed by atoms with Crippen molar-refractivity contribution in [2.45, 2.75) is 38.3 Å². The van der Waals surface area contributed by atoms with E-state index in [0.29, 0.717) is 37.3 Å². The molecule has 1 fully saturated rings. The molecule has 156 valence electrons. The quantitative estimate of drug-likeness (QED) is 0.783. The third-order valence-corrected chi connectivity index (χ3v) is 5.76. The maximum Gasteiger partial charge on any atom is 0.271 e. The number of pyridine rings is 1. The minimum Gasteiger partial charge on any atom is -0.386 e. The summed E-state index contributed by atoms with van der Waals surface area (Å²) < 4.78 is 0. The molecule has 0 radical (unpaired) electrons. The molecule has 1 spiro atoms. The lowest BCUT2D eigenvalue weighted by Gasteiger charge is -2.38. The van der Waals surface area contributed by atoms with Crippen LogP contribution in [0.4, 0.5) is 0 Å². The Kier molecular flexibility index (Phi) is 5.53. The smallest absolute Gasteiger partial charge is 0.271 e. The predicted molar refractivity (Wildman–Crippen MR) is 113 cm³/mol. The zero-order chi connectivity index (χ0) is 21.1. The fraction of sp³-hybridized carbons (Fsp3) is 0.391. The van der Waals surface area contributed by atoms with Crippen LogP contribution < -0.4 is 0 Å². The van der Waals surface area contributed by atoms with Crippen molar-refractivity contribution in [2.24, 2.45) is 5.16 Å². The average Bonchev–Trinajstić information content (AvgIpc) is 3.16. The Morgan fingerprint density at radius 3 is 2.77 bits per heavy atom. The fourth-order valence-electron chi connectivity index (χ4n) is 4.14. The van der Waals surface area contributed by atoms with Crippen molar-refractivity contribution in [3.8, 4) is 0 Å². The second-order valence-corrected chi connectivity index (χ2v) is 8.12. The second kappa shape index (κ2) is 8.26. The zero-order valence-electron chi connectivity index (χ0n) is 17.4. The highest BCUT2D eigenvalue weighted by molar-refractivity contribution is 6.39. The number of carbonyl (C=O) groups is 2. The number of aryl methyl sites for hydroxylation is 1. The third-order valence-electron chi connectivity index (χ3n) is 5.76. The number of oxime groups is 1. The van der Waals surface area contributed by atoms with E-state index in [0.717, 1.165) is 24.1 Å². The van der Waals surface area contributed by atoms with Crippen molar-refractivity contribution in [2.75, 3.05) is 20.1 Å². The van der Waals surface area contributed by atoms with E-state index in [2.05, 4.69) is 10.1 Å². The monoisotopic (exact) mass is 406 g/mol. The standard InChI is InChI=1S/C23H26N4O3/c1-17-8-3-4-10-19(17)21(28)27-13-7-11-23(16-27)14-20(25-30-23)22(29)26(2)15-18-9-5-6-12-24-18/h3-6,8-10,12H,7,11,13-16H2,1-2H3. The molecule has 7 heteroatoms. The van der Waals surface area contributed by atoms with Gasteiger partial charge in [-0.2, -0.15) is 0 Å². The van der Waals surface area contributed by atoms with Crippen LogP contribution >= 0.6 is 0 Å². The minimum absolute atomic E-state index is 0.00261. The van der Waals surface area contributed by atoms with E-state index in [1.165, 1.54) is 0 Å². The van der Waals surface area contributed by atoms with Gasteiger partial charge in [0.25, 0.3) is 11.8 Å². The molecule has 2 aliphatic heterocycles. The maximum absolute atomic E-state index is 13.0. The molecule has 4 rings (SSSR count). The van der Waals surface area contributed by atoms with E-state index in [4.69, 9.17) is 4.84 Å². The van der Waals surface area contributed by atoms with Gasteiger partial charge in [-0.1, -0.05) is 29.4 Å². The summed E-state index contributed by atoms with van der Waals surface area (Å²) >= 11 is 0. The van der Waals surface area contributed by atoms with Crippen molar-refractivity contribution in [1.82, 2.24) is 14.8 Å². The summed E-state index contributed by atoms with van der Waals surface area (Å²) in [4.78, 5) is 39.4. The van der Waals surface area contributed by atoms with Crippen LogP contribution in [0, 0.1) is 6.92 Å². The van der Waals surface area contributed by atoms with Gasteiger partial charge in [0, 0.05) is 31.8 Å². The van der Waals surface area contributed by atoms with Crippen molar-refractivity contribution in [3.63, 3.8) is 0 Å². The Bertz CT molecular complexity index is 975. The summed E-state index contributed by atoms with van der Waals surface area (Å²) in [7, 11) is 1.74. The van der Waals surface area contributed by atoms with Crippen LogP contribution in [-0.4, -0.2) is 58.0 Å². The van der Waals surface area contributed by atoms with Gasteiger partial charge in [0.05, 0.1) is 18.8 Å². The fourth-order valence-corrected chi connectivity index (χ4v) is 4.14. The highest BCUT2D eigenvalue weighted by Crippen LogP contribution is 2.34. The first kappa shape index (κ1) is 20.1. The van der Waals surface area contributed by atoms with Gasteiger partial charge in [-0.15, -0.1) is 0 Å². The van der Waals surface area contributed by atoms with E-state index in [-0.39, 0.29) is 11.8 Å². The lowest BCUT2D eigenvalue weighted by molar-refractivity contribution is -0.123. The first-order valence-electron chi connectivity index (χ1n) is 10.2. The van der Waals surface area contributed by atoms with E-state index >= 15 is 0 Å². The summed E-state index contributed by atoms with van der Waals surface area (Å²) in [6, 6.07) is 13.2. The number of benzene rings is 1. The molecule has 0 aliphatic carbocycles. The first-order chi connectivity index (χ1) is 14.5. The molecule has 30 heavy (non-hydrogen) atoms. The molecule has 0 saturated carbocycles. The highest BCUT2D eigenvalue weighted by atomic mass is 16.7. The average molecular weight is 406 g/mol. The highest BCUT2D eigenvalue weighted by Gasteiger charge is 2.46. The van der Waals surface area contributed by atoms with Gasteiger partial charge in [-0.3, -0.25) is 14.6 Å². The molecule has 0 N–H and O–H groups in total. The van der Waals surface area contributed by atoms with E-state index < -0.39 is 5.60 Å². The summed E-state index contributed by atoms with van der Waals surface area (Å²) in [5, 5.41) is 4.13. The molecule has 1 saturated heterocycles. The van der Waals surface area contributed by atoms with Crippen LogP contribution in [0.3, 0.4) is 0 Å². The van der Waals surface area contributed by atoms with Gasteiger partial charge < -0.3 is 14.6 Å². The number of amides is 2. The number of aromatic nitrogens is 1. The Morgan fingerprint density at radius 1 is 1.20 bits per heavy atom. The SMILES string of the molecule is Cc1ccccc1C(=O)N1CCCC2(CC(C(=O)N(C)Cc3ccccn3)=NO2)C1. The van der Waals surface area contributed by atoms with Gasteiger partial charge in [0.15, 0.2) is 5.60 Å². The number of hydrogen-bond donors (Lipinski definition) is 0. The van der Waals surface area contributed by atoms with Crippen molar-refractivity contribution in [3.05, 3.63) is 65.5 Å². The van der Waals surface area contributed by atoms with Crippen molar-refractivity contribution < 1.29 is 14.4 Å². The Balaban J connectivity index is 1.41. The molecule has 1 aromatic heterocycles. The normalized spacial score (nSPS) is 20.6. The van der Waals surface area contributed by atoms with Gasteiger partial charge >= 0.3 is 0 Å². The lowest BCUT2D eigenvalue weighted by atomic mass is 9.87. The van der Waals surface area contributed by atoms with Gasteiger partial charge in [-0.25, -0.2) is 0 Å². The van der Waals surface area contributed by atoms with Gasteiger partial charge in [0.2, 0.25) is 0 Å². The molecule has 2 aromatic rings. The molecular formula is C23H26N4O3. The van der Waals surface area contributed by atoms with Crippen LogP contribution in [-0.2, 0) is 16.2 Å². The topological polar surface area (TPSA) is 75.1 Å². The minimum atomic E-state index is -0.618. The predicted octanol–water partition coefficient (Wildman–Crippen LogP) is 2.80. The van der Waals surface area contributed by atoms with Crippen LogP contribution in [0.5, 0.6) is 0 Å². The van der Waals surface area contributed by atoms with Gasteiger partial charge in [-0.05, 0) is 43.5 Å². The number of carbonyl (C=O) groups excluding carboxylic acids is 2. The second-order valence-electron chi connectivity index (χ2n) is 8.12. The molecule has 3 heterocycles. The number of piperidine rings is 1. The summed E-state index contributed by atoms with van der Waals surface area (Å²) in [5.74, 6) is -0.164. The van der Waals surface area contributed by atoms with Crippen LogP contribution in [0.1, 0.15) is 40.9 Å².